The molecular weight excluding hydrogens is 288 g/mol. The van der Waals surface area contributed by atoms with Crippen molar-refractivity contribution < 1.29 is 9.53 Å². The summed E-state index contributed by atoms with van der Waals surface area (Å²) in [5.74, 6) is 0.226. The minimum atomic E-state index is 0. The highest BCUT2D eigenvalue weighted by Gasteiger charge is 2.30. The van der Waals surface area contributed by atoms with Crippen LogP contribution in [-0.4, -0.2) is 43.7 Å². The molecule has 0 saturated carbocycles. The van der Waals surface area contributed by atoms with Crippen LogP contribution in [0.3, 0.4) is 0 Å². The lowest BCUT2D eigenvalue weighted by Crippen LogP contribution is -2.46. The lowest BCUT2D eigenvalue weighted by Gasteiger charge is -2.39. The largest absolute Gasteiger partial charge is 0.374 e. The molecule has 0 bridgehead atoms. The fraction of sp³-hybridized carbons (Fsp3) is 0.562. The number of carbonyl (C=O) groups is 1. The Balaban J connectivity index is 0.00000220. The zero-order chi connectivity index (χ0) is 14.4. The lowest BCUT2D eigenvalue weighted by molar-refractivity contribution is -0.144. The van der Waals surface area contributed by atoms with E-state index >= 15 is 0 Å². The van der Waals surface area contributed by atoms with Gasteiger partial charge in [-0.3, -0.25) is 4.79 Å². The van der Waals surface area contributed by atoms with Crippen LogP contribution in [0.4, 0.5) is 0 Å². The molecule has 1 aliphatic rings. The van der Waals surface area contributed by atoms with Crippen LogP contribution in [0.1, 0.15) is 31.4 Å². The molecule has 1 aliphatic heterocycles. The molecule has 0 aliphatic carbocycles. The molecule has 1 aromatic rings. The van der Waals surface area contributed by atoms with E-state index in [9.17, 15) is 4.79 Å². The van der Waals surface area contributed by atoms with E-state index in [1.54, 1.807) is 0 Å². The molecule has 2 unspecified atom stereocenters. The molecule has 4 nitrogen and oxygen atoms in total. The molecule has 118 valence electrons. The lowest BCUT2D eigenvalue weighted by atomic mass is 10.0. The first-order valence-electron chi connectivity index (χ1n) is 7.33. The first-order valence-corrected chi connectivity index (χ1v) is 7.33. The number of morpholine rings is 1. The van der Waals surface area contributed by atoms with Gasteiger partial charge in [0.05, 0.1) is 18.8 Å². The van der Waals surface area contributed by atoms with Gasteiger partial charge in [0.1, 0.15) is 0 Å². The average Bonchev–Trinajstić information content (AvgIpc) is 2.48. The molecule has 5 heteroatoms. The smallest absolute Gasteiger partial charge is 0.223 e. The van der Waals surface area contributed by atoms with Gasteiger partial charge < -0.3 is 15.0 Å². The Morgan fingerprint density at radius 2 is 2.10 bits per heavy atom. The maximum absolute atomic E-state index is 12.4. The zero-order valence-corrected chi connectivity index (χ0v) is 13.6. The van der Waals surface area contributed by atoms with Gasteiger partial charge in [0.2, 0.25) is 5.91 Å². The second-order valence-electron chi connectivity index (χ2n) is 5.32. The van der Waals surface area contributed by atoms with Crippen LogP contribution in [0.2, 0.25) is 0 Å². The highest BCUT2D eigenvalue weighted by atomic mass is 35.5. The fourth-order valence-electron chi connectivity index (χ4n) is 2.59. The molecule has 0 radical (unpaired) electrons. The van der Waals surface area contributed by atoms with Crippen molar-refractivity contribution in [3.05, 3.63) is 35.9 Å². The molecule has 0 aromatic heterocycles. The number of hydrogen-bond acceptors (Lipinski definition) is 3. The molecule has 1 fully saturated rings. The van der Waals surface area contributed by atoms with Crippen molar-refractivity contribution in [1.82, 2.24) is 10.2 Å². The van der Waals surface area contributed by atoms with Crippen LogP contribution in [0.5, 0.6) is 0 Å². The zero-order valence-electron chi connectivity index (χ0n) is 12.7. The SMILES string of the molecule is CNCCCC(=O)N1CC(C)OCC1c1ccccc1.Cl. The summed E-state index contributed by atoms with van der Waals surface area (Å²) in [5, 5.41) is 3.08. The number of nitrogens with zero attached hydrogens (tertiary/aromatic N) is 1. The number of ether oxygens (including phenoxy) is 1. The highest BCUT2D eigenvalue weighted by Crippen LogP contribution is 2.26. The van der Waals surface area contributed by atoms with E-state index in [1.165, 1.54) is 0 Å². The number of halogens is 1. The van der Waals surface area contributed by atoms with Gasteiger partial charge >= 0.3 is 0 Å². The number of carbonyl (C=O) groups excluding carboxylic acids is 1. The van der Waals surface area contributed by atoms with Crippen molar-refractivity contribution in [3.63, 3.8) is 0 Å². The van der Waals surface area contributed by atoms with Crippen LogP contribution in [-0.2, 0) is 9.53 Å². The predicted octanol–water partition coefficient (Wildman–Crippen LogP) is 2.40. The normalized spacial score (nSPS) is 21.7. The predicted molar refractivity (Wildman–Crippen MR) is 86.7 cm³/mol. The second-order valence-corrected chi connectivity index (χ2v) is 5.32. The van der Waals surface area contributed by atoms with Gasteiger partial charge in [0, 0.05) is 13.0 Å². The van der Waals surface area contributed by atoms with Crippen LogP contribution in [0, 0.1) is 0 Å². The third kappa shape index (κ3) is 4.99. The van der Waals surface area contributed by atoms with Crippen molar-refractivity contribution >= 4 is 18.3 Å². The molecule has 0 spiro atoms. The summed E-state index contributed by atoms with van der Waals surface area (Å²) >= 11 is 0. The van der Waals surface area contributed by atoms with Crippen molar-refractivity contribution in [2.75, 3.05) is 26.7 Å². The number of nitrogens with one attached hydrogen (secondary N) is 1. The van der Waals surface area contributed by atoms with Gasteiger partial charge in [-0.25, -0.2) is 0 Å². The molecule has 1 aromatic carbocycles. The fourth-order valence-corrected chi connectivity index (χ4v) is 2.59. The van der Waals surface area contributed by atoms with E-state index in [0.717, 1.165) is 18.5 Å². The summed E-state index contributed by atoms with van der Waals surface area (Å²) in [6.07, 6.45) is 1.59. The maximum Gasteiger partial charge on any atom is 0.223 e. The quantitative estimate of drug-likeness (QED) is 0.849. The van der Waals surface area contributed by atoms with Crippen molar-refractivity contribution in [2.45, 2.75) is 31.9 Å². The summed E-state index contributed by atoms with van der Waals surface area (Å²) in [6, 6.07) is 10.2. The van der Waals surface area contributed by atoms with Gasteiger partial charge in [-0.05, 0) is 32.5 Å². The first-order chi connectivity index (χ1) is 9.72. The van der Waals surface area contributed by atoms with Gasteiger partial charge in [0.25, 0.3) is 0 Å². The van der Waals surface area contributed by atoms with Gasteiger partial charge in [-0.15, -0.1) is 12.4 Å². The summed E-state index contributed by atoms with van der Waals surface area (Å²) in [7, 11) is 1.91. The Hall–Kier alpha value is -1.10. The van der Waals surface area contributed by atoms with Crippen LogP contribution < -0.4 is 5.32 Å². The highest BCUT2D eigenvalue weighted by molar-refractivity contribution is 5.85. The van der Waals surface area contributed by atoms with Gasteiger partial charge in [0.15, 0.2) is 0 Å². The van der Waals surface area contributed by atoms with E-state index < -0.39 is 0 Å². The number of amides is 1. The molecule has 1 heterocycles. The molecule has 1 N–H and O–H groups in total. The number of rotatable bonds is 5. The minimum absolute atomic E-state index is 0. The second kappa shape index (κ2) is 9.03. The number of hydrogen-bond donors (Lipinski definition) is 1. The Morgan fingerprint density at radius 3 is 2.76 bits per heavy atom. The summed E-state index contributed by atoms with van der Waals surface area (Å²) in [6.45, 7) is 4.16. The van der Waals surface area contributed by atoms with Crippen LogP contribution >= 0.6 is 12.4 Å². The van der Waals surface area contributed by atoms with E-state index in [1.807, 2.05) is 37.1 Å². The Morgan fingerprint density at radius 1 is 1.38 bits per heavy atom. The summed E-state index contributed by atoms with van der Waals surface area (Å²) < 4.78 is 5.74. The standard InChI is InChI=1S/C16H24N2O2.ClH/c1-13-11-18(16(19)9-6-10-17-2)15(12-20-13)14-7-4-3-5-8-14;/h3-5,7-8,13,15,17H,6,9-12H2,1-2H3;1H. The molecule has 21 heavy (non-hydrogen) atoms. The molecule has 2 rings (SSSR count). The molecule has 1 amide bonds. The van der Waals surface area contributed by atoms with E-state index in [4.69, 9.17) is 4.74 Å². The number of benzene rings is 1. The van der Waals surface area contributed by atoms with E-state index in [-0.39, 0.29) is 30.5 Å². The maximum atomic E-state index is 12.4. The van der Waals surface area contributed by atoms with Crippen LogP contribution in [0.15, 0.2) is 30.3 Å². The van der Waals surface area contributed by atoms with E-state index in [0.29, 0.717) is 19.6 Å². The Labute approximate surface area is 133 Å². The Kier molecular flexibility index (Phi) is 7.72. The summed E-state index contributed by atoms with van der Waals surface area (Å²) in [5.41, 5.74) is 1.15. The molecule has 2 atom stereocenters. The third-order valence-corrected chi connectivity index (χ3v) is 3.69. The average molecular weight is 313 g/mol. The van der Waals surface area contributed by atoms with Gasteiger partial charge in [-0.1, -0.05) is 30.3 Å². The van der Waals surface area contributed by atoms with Crippen molar-refractivity contribution in [2.24, 2.45) is 0 Å². The molecular formula is C16H25ClN2O2. The Bertz CT molecular complexity index is 428. The molecule has 1 saturated heterocycles. The first kappa shape index (κ1) is 18.0. The van der Waals surface area contributed by atoms with Crippen LogP contribution in [0.25, 0.3) is 0 Å². The van der Waals surface area contributed by atoms with Gasteiger partial charge in [-0.2, -0.15) is 0 Å². The topological polar surface area (TPSA) is 41.6 Å². The minimum Gasteiger partial charge on any atom is -0.374 e. The van der Waals surface area contributed by atoms with E-state index in [2.05, 4.69) is 17.4 Å². The summed E-state index contributed by atoms with van der Waals surface area (Å²) in [4.78, 5) is 14.4. The van der Waals surface area contributed by atoms with Crippen molar-refractivity contribution in [1.29, 1.82) is 0 Å². The third-order valence-electron chi connectivity index (χ3n) is 3.69. The monoisotopic (exact) mass is 312 g/mol. The van der Waals surface area contributed by atoms with Crippen molar-refractivity contribution in [3.8, 4) is 0 Å².